The Hall–Kier alpha value is -1.03. The van der Waals surface area contributed by atoms with E-state index in [0.717, 1.165) is 6.07 Å². The topological polar surface area (TPSA) is 12.0 Å². The smallest absolute Gasteiger partial charge is 0.314 e. The minimum absolute atomic E-state index is 0.328. The van der Waals surface area contributed by atoms with E-state index in [1.807, 2.05) is 13.8 Å². The summed E-state index contributed by atoms with van der Waals surface area (Å²) in [5.74, 6) is 0. The van der Waals surface area contributed by atoms with Crippen molar-refractivity contribution in [3.8, 4) is 0 Å². The van der Waals surface area contributed by atoms with E-state index in [0.29, 0.717) is 12.0 Å². The van der Waals surface area contributed by atoms with Crippen molar-refractivity contribution >= 4 is 0 Å². The molecule has 0 bridgehead atoms. The first-order chi connectivity index (χ1) is 7.26. The Bertz CT molecular complexity index is 356. The molecular weight excluding hydrogens is 215 g/mol. The van der Waals surface area contributed by atoms with Gasteiger partial charge in [-0.2, -0.15) is 13.2 Å². The molecule has 0 aliphatic rings. The maximum atomic E-state index is 12.7. The number of nitrogens with one attached hydrogen (secondary N) is 1. The molecule has 0 atom stereocenters. The number of benzene rings is 1. The largest absolute Gasteiger partial charge is 0.416 e. The number of rotatable bonds is 3. The Morgan fingerprint density at radius 1 is 1.12 bits per heavy atom. The van der Waals surface area contributed by atoms with Crippen molar-refractivity contribution < 1.29 is 13.2 Å². The van der Waals surface area contributed by atoms with Crippen LogP contribution in [0.3, 0.4) is 0 Å². The summed E-state index contributed by atoms with van der Waals surface area (Å²) in [6, 6.07) is 5.71. The van der Waals surface area contributed by atoms with E-state index in [9.17, 15) is 13.2 Å². The van der Waals surface area contributed by atoms with E-state index in [4.69, 9.17) is 0 Å². The van der Waals surface area contributed by atoms with Crippen LogP contribution in [0.4, 0.5) is 13.2 Å². The zero-order valence-electron chi connectivity index (χ0n) is 9.65. The third kappa shape index (κ3) is 3.23. The van der Waals surface area contributed by atoms with Crippen molar-refractivity contribution in [2.45, 2.75) is 32.0 Å². The third-order valence-corrected chi connectivity index (χ3v) is 2.63. The summed E-state index contributed by atoms with van der Waals surface area (Å²) in [4.78, 5) is 0. The van der Waals surface area contributed by atoms with Gasteiger partial charge in [0.15, 0.2) is 0 Å². The summed E-state index contributed by atoms with van der Waals surface area (Å²) >= 11 is 0. The van der Waals surface area contributed by atoms with Gasteiger partial charge in [0.2, 0.25) is 0 Å². The molecule has 0 unspecified atom stereocenters. The van der Waals surface area contributed by atoms with Crippen LogP contribution in [-0.4, -0.2) is 12.6 Å². The monoisotopic (exact) mass is 231 g/mol. The van der Waals surface area contributed by atoms with Crippen LogP contribution in [0.2, 0.25) is 0 Å². The number of hydrogen-bond donors (Lipinski definition) is 1. The number of alkyl halides is 3. The molecule has 4 heteroatoms. The van der Waals surface area contributed by atoms with E-state index in [2.05, 4.69) is 5.32 Å². The minimum Gasteiger partial charge on any atom is -0.314 e. The lowest BCUT2D eigenvalue weighted by Gasteiger charge is -2.25. The molecule has 0 aliphatic carbocycles. The molecule has 90 valence electrons. The standard InChI is InChI=1S/C12H16F3N/c1-11(2,16-3)8-9-6-4-5-7-10(9)12(13,14)15/h4-7,16H,8H2,1-3H3. The number of hydrogen-bond acceptors (Lipinski definition) is 1. The highest BCUT2D eigenvalue weighted by Gasteiger charge is 2.34. The SMILES string of the molecule is CNC(C)(C)Cc1ccccc1C(F)(F)F. The van der Waals surface area contributed by atoms with Gasteiger partial charge in [0, 0.05) is 5.54 Å². The molecule has 0 saturated carbocycles. The van der Waals surface area contributed by atoms with Gasteiger partial charge in [0.05, 0.1) is 5.56 Å². The fraction of sp³-hybridized carbons (Fsp3) is 0.500. The van der Waals surface area contributed by atoms with Crippen LogP contribution in [0.25, 0.3) is 0 Å². The summed E-state index contributed by atoms with van der Waals surface area (Å²) in [6.45, 7) is 3.75. The van der Waals surface area contributed by atoms with Gasteiger partial charge in [-0.1, -0.05) is 18.2 Å². The minimum atomic E-state index is -4.28. The summed E-state index contributed by atoms with van der Waals surface area (Å²) < 4.78 is 38.1. The normalized spacial score (nSPS) is 12.9. The molecule has 0 amide bonds. The summed E-state index contributed by atoms with van der Waals surface area (Å²) in [7, 11) is 1.75. The van der Waals surface area contributed by atoms with Crippen LogP contribution >= 0.6 is 0 Å². The van der Waals surface area contributed by atoms with Crippen molar-refractivity contribution in [1.82, 2.24) is 5.32 Å². The van der Waals surface area contributed by atoms with Crippen LogP contribution in [0.15, 0.2) is 24.3 Å². The first kappa shape index (κ1) is 13.0. The second kappa shape index (κ2) is 4.45. The predicted molar refractivity (Wildman–Crippen MR) is 58.3 cm³/mol. The van der Waals surface area contributed by atoms with Crippen LogP contribution in [0.1, 0.15) is 25.0 Å². The maximum Gasteiger partial charge on any atom is 0.416 e. The quantitative estimate of drug-likeness (QED) is 0.842. The van der Waals surface area contributed by atoms with Crippen LogP contribution in [-0.2, 0) is 12.6 Å². The zero-order chi connectivity index (χ0) is 12.4. The van der Waals surface area contributed by atoms with Gasteiger partial charge in [0.1, 0.15) is 0 Å². The predicted octanol–water partition coefficient (Wildman–Crippen LogP) is 3.25. The second-order valence-electron chi connectivity index (χ2n) is 4.47. The molecule has 1 N–H and O–H groups in total. The average Bonchev–Trinajstić information content (AvgIpc) is 2.16. The molecule has 0 radical (unpaired) electrons. The van der Waals surface area contributed by atoms with Gasteiger partial charge < -0.3 is 5.32 Å². The lowest BCUT2D eigenvalue weighted by molar-refractivity contribution is -0.138. The molecular formula is C12H16F3N. The molecule has 0 spiro atoms. The lowest BCUT2D eigenvalue weighted by atomic mass is 9.92. The number of halogens is 3. The lowest BCUT2D eigenvalue weighted by Crippen LogP contribution is -2.38. The van der Waals surface area contributed by atoms with Gasteiger partial charge >= 0.3 is 6.18 Å². The third-order valence-electron chi connectivity index (χ3n) is 2.63. The Balaban J connectivity index is 3.06. The Morgan fingerprint density at radius 2 is 1.69 bits per heavy atom. The molecule has 0 aliphatic heterocycles. The summed E-state index contributed by atoms with van der Waals surface area (Å²) in [6.07, 6.45) is -3.93. The Morgan fingerprint density at radius 3 is 2.19 bits per heavy atom. The molecule has 1 rings (SSSR count). The molecule has 1 aromatic carbocycles. The highest BCUT2D eigenvalue weighted by molar-refractivity contribution is 5.31. The van der Waals surface area contributed by atoms with Crippen molar-refractivity contribution in [2.24, 2.45) is 0 Å². The molecule has 16 heavy (non-hydrogen) atoms. The highest BCUT2D eigenvalue weighted by atomic mass is 19.4. The fourth-order valence-corrected chi connectivity index (χ4v) is 1.52. The van der Waals surface area contributed by atoms with Gasteiger partial charge in [-0.25, -0.2) is 0 Å². The molecule has 0 saturated heterocycles. The molecule has 0 aromatic heterocycles. The molecule has 0 fully saturated rings. The van der Waals surface area contributed by atoms with E-state index < -0.39 is 11.7 Å². The second-order valence-corrected chi connectivity index (χ2v) is 4.47. The summed E-state index contributed by atoms with van der Waals surface area (Å²) in [5, 5.41) is 3.00. The number of likely N-dealkylation sites (N-methyl/N-ethyl adjacent to an activating group) is 1. The van der Waals surface area contributed by atoms with Gasteiger partial charge in [-0.15, -0.1) is 0 Å². The average molecular weight is 231 g/mol. The van der Waals surface area contributed by atoms with Crippen LogP contribution < -0.4 is 5.32 Å². The summed E-state index contributed by atoms with van der Waals surface area (Å²) in [5.41, 5.74) is -0.561. The van der Waals surface area contributed by atoms with Crippen molar-refractivity contribution in [1.29, 1.82) is 0 Å². The van der Waals surface area contributed by atoms with E-state index >= 15 is 0 Å². The van der Waals surface area contributed by atoms with Gasteiger partial charge in [-0.3, -0.25) is 0 Å². The van der Waals surface area contributed by atoms with E-state index in [-0.39, 0.29) is 5.54 Å². The Labute approximate surface area is 93.7 Å². The van der Waals surface area contributed by atoms with Crippen LogP contribution in [0, 0.1) is 0 Å². The first-order valence-corrected chi connectivity index (χ1v) is 5.10. The van der Waals surface area contributed by atoms with Crippen molar-refractivity contribution in [3.05, 3.63) is 35.4 Å². The maximum absolute atomic E-state index is 12.7. The van der Waals surface area contributed by atoms with Crippen molar-refractivity contribution in [3.63, 3.8) is 0 Å². The molecule has 1 aromatic rings. The Kier molecular flexibility index (Phi) is 3.63. The van der Waals surface area contributed by atoms with Crippen LogP contribution in [0.5, 0.6) is 0 Å². The molecule has 1 nitrogen and oxygen atoms in total. The molecule has 0 heterocycles. The van der Waals surface area contributed by atoms with Crippen molar-refractivity contribution in [2.75, 3.05) is 7.05 Å². The van der Waals surface area contributed by atoms with Gasteiger partial charge in [-0.05, 0) is 38.9 Å². The zero-order valence-corrected chi connectivity index (χ0v) is 9.65. The fourth-order valence-electron chi connectivity index (χ4n) is 1.52. The van der Waals surface area contributed by atoms with E-state index in [1.165, 1.54) is 12.1 Å². The van der Waals surface area contributed by atoms with E-state index in [1.54, 1.807) is 13.1 Å². The highest BCUT2D eigenvalue weighted by Crippen LogP contribution is 2.33. The van der Waals surface area contributed by atoms with Gasteiger partial charge in [0.25, 0.3) is 0 Å². The first-order valence-electron chi connectivity index (χ1n) is 5.10.